The lowest BCUT2D eigenvalue weighted by Crippen LogP contribution is -2.30. The molecule has 1 fully saturated rings. The molecule has 1 atom stereocenters. The van der Waals surface area contributed by atoms with Crippen molar-refractivity contribution in [1.82, 2.24) is 10.3 Å². The normalized spacial score (nSPS) is 14.5. The van der Waals surface area contributed by atoms with Gasteiger partial charge in [0.25, 0.3) is 0 Å². The summed E-state index contributed by atoms with van der Waals surface area (Å²) in [4.78, 5) is 31.0. The number of nitrogens with one attached hydrogen (secondary N) is 1. The summed E-state index contributed by atoms with van der Waals surface area (Å²) in [5, 5.41) is 5.67. The first-order valence-corrected chi connectivity index (χ1v) is 11.3. The van der Waals surface area contributed by atoms with E-state index in [1.54, 1.807) is 4.90 Å². The SMILES string of the molecule is CCOc1ccc(C(NC(=O)Cc2csc(N3CCCC3=O)n2)c2ccccc2)cc1. The van der Waals surface area contributed by atoms with Crippen LogP contribution in [0.15, 0.2) is 60.0 Å². The average molecular weight is 436 g/mol. The summed E-state index contributed by atoms with van der Waals surface area (Å²) in [6.07, 6.45) is 1.59. The summed E-state index contributed by atoms with van der Waals surface area (Å²) in [6, 6.07) is 17.4. The molecule has 1 aliphatic rings. The molecule has 0 aliphatic carbocycles. The van der Waals surface area contributed by atoms with Gasteiger partial charge >= 0.3 is 0 Å². The molecule has 0 spiro atoms. The lowest BCUT2D eigenvalue weighted by atomic mass is 9.98. The molecule has 0 radical (unpaired) electrons. The lowest BCUT2D eigenvalue weighted by molar-refractivity contribution is -0.121. The van der Waals surface area contributed by atoms with Crippen molar-refractivity contribution in [2.45, 2.75) is 32.2 Å². The Bertz CT molecular complexity index is 1030. The van der Waals surface area contributed by atoms with Crippen LogP contribution in [0, 0.1) is 0 Å². The number of hydrogen-bond acceptors (Lipinski definition) is 5. The van der Waals surface area contributed by atoms with E-state index in [1.807, 2.05) is 66.9 Å². The lowest BCUT2D eigenvalue weighted by Gasteiger charge is -2.20. The maximum atomic E-state index is 12.9. The second-order valence-electron chi connectivity index (χ2n) is 7.36. The van der Waals surface area contributed by atoms with Gasteiger partial charge in [0, 0.05) is 18.3 Å². The van der Waals surface area contributed by atoms with Crippen LogP contribution in [-0.2, 0) is 16.0 Å². The van der Waals surface area contributed by atoms with E-state index >= 15 is 0 Å². The molecule has 2 heterocycles. The highest BCUT2D eigenvalue weighted by Gasteiger charge is 2.25. The Labute approximate surface area is 185 Å². The smallest absolute Gasteiger partial charge is 0.228 e. The molecule has 1 aliphatic heterocycles. The summed E-state index contributed by atoms with van der Waals surface area (Å²) in [6.45, 7) is 3.26. The van der Waals surface area contributed by atoms with Gasteiger partial charge in [0.2, 0.25) is 11.8 Å². The van der Waals surface area contributed by atoms with Crippen molar-refractivity contribution in [2.75, 3.05) is 18.1 Å². The molecule has 160 valence electrons. The quantitative estimate of drug-likeness (QED) is 0.578. The van der Waals surface area contributed by atoms with Crippen molar-refractivity contribution in [3.63, 3.8) is 0 Å². The highest BCUT2D eigenvalue weighted by atomic mass is 32.1. The second-order valence-corrected chi connectivity index (χ2v) is 8.20. The topological polar surface area (TPSA) is 71.5 Å². The van der Waals surface area contributed by atoms with Crippen LogP contribution in [0.2, 0.25) is 0 Å². The third kappa shape index (κ3) is 5.11. The fourth-order valence-electron chi connectivity index (χ4n) is 3.66. The molecule has 2 amide bonds. The Morgan fingerprint density at radius 2 is 1.90 bits per heavy atom. The number of rotatable bonds is 8. The van der Waals surface area contributed by atoms with E-state index in [0.717, 1.165) is 23.3 Å². The number of carbonyl (C=O) groups excluding carboxylic acids is 2. The molecule has 4 rings (SSSR count). The van der Waals surface area contributed by atoms with Crippen molar-refractivity contribution in [1.29, 1.82) is 0 Å². The monoisotopic (exact) mass is 435 g/mol. The maximum absolute atomic E-state index is 12.9. The number of nitrogens with zero attached hydrogens (tertiary/aromatic N) is 2. The minimum absolute atomic E-state index is 0.102. The molecule has 0 saturated carbocycles. The summed E-state index contributed by atoms with van der Waals surface area (Å²) in [5.41, 5.74) is 2.65. The number of amides is 2. The Morgan fingerprint density at radius 1 is 1.16 bits per heavy atom. The van der Waals surface area contributed by atoms with Gasteiger partial charge in [0.15, 0.2) is 5.13 Å². The molecule has 0 bridgehead atoms. The highest BCUT2D eigenvalue weighted by Crippen LogP contribution is 2.27. The number of ether oxygens (including phenoxy) is 1. The third-order valence-electron chi connectivity index (χ3n) is 5.15. The van der Waals surface area contributed by atoms with Gasteiger partial charge in [-0.25, -0.2) is 4.98 Å². The van der Waals surface area contributed by atoms with Crippen LogP contribution < -0.4 is 15.0 Å². The largest absolute Gasteiger partial charge is 0.494 e. The van der Waals surface area contributed by atoms with Crippen molar-refractivity contribution >= 4 is 28.3 Å². The molecule has 1 N–H and O–H groups in total. The molecule has 2 aromatic carbocycles. The number of anilines is 1. The zero-order chi connectivity index (χ0) is 21.6. The van der Waals surface area contributed by atoms with Crippen LogP contribution in [0.5, 0.6) is 5.75 Å². The summed E-state index contributed by atoms with van der Waals surface area (Å²) < 4.78 is 5.54. The molecule has 31 heavy (non-hydrogen) atoms. The third-order valence-corrected chi connectivity index (χ3v) is 6.06. The van der Waals surface area contributed by atoms with E-state index < -0.39 is 0 Å². The van der Waals surface area contributed by atoms with E-state index in [1.165, 1.54) is 11.3 Å². The van der Waals surface area contributed by atoms with Gasteiger partial charge in [-0.1, -0.05) is 42.5 Å². The average Bonchev–Trinajstić information content (AvgIpc) is 3.42. The molecule has 3 aromatic rings. The molecule has 7 heteroatoms. The predicted octanol–water partition coefficient (Wildman–Crippen LogP) is 4.12. The summed E-state index contributed by atoms with van der Waals surface area (Å²) in [5.74, 6) is 0.785. The van der Waals surface area contributed by atoms with E-state index in [4.69, 9.17) is 4.74 Å². The number of hydrogen-bond donors (Lipinski definition) is 1. The second kappa shape index (κ2) is 9.75. The van der Waals surface area contributed by atoms with E-state index in [-0.39, 0.29) is 24.3 Å². The van der Waals surface area contributed by atoms with Gasteiger partial charge < -0.3 is 10.1 Å². The molecular formula is C24H25N3O3S. The van der Waals surface area contributed by atoms with Crippen LogP contribution in [0.3, 0.4) is 0 Å². The highest BCUT2D eigenvalue weighted by molar-refractivity contribution is 7.14. The van der Waals surface area contributed by atoms with Gasteiger partial charge in [0.05, 0.1) is 24.8 Å². The number of aromatic nitrogens is 1. The van der Waals surface area contributed by atoms with Crippen molar-refractivity contribution in [3.8, 4) is 5.75 Å². The van der Waals surface area contributed by atoms with Crippen LogP contribution in [0.25, 0.3) is 0 Å². The molecule has 1 saturated heterocycles. The van der Waals surface area contributed by atoms with Crippen LogP contribution in [0.4, 0.5) is 5.13 Å². The van der Waals surface area contributed by atoms with Crippen LogP contribution in [-0.4, -0.2) is 29.9 Å². The predicted molar refractivity (Wildman–Crippen MR) is 121 cm³/mol. The van der Waals surface area contributed by atoms with Gasteiger partial charge in [-0.2, -0.15) is 0 Å². The van der Waals surface area contributed by atoms with Crippen molar-refractivity contribution in [2.24, 2.45) is 0 Å². The Kier molecular flexibility index (Phi) is 6.62. The van der Waals surface area contributed by atoms with E-state index in [9.17, 15) is 9.59 Å². The molecular weight excluding hydrogens is 410 g/mol. The zero-order valence-corrected chi connectivity index (χ0v) is 18.2. The number of carbonyl (C=O) groups is 2. The van der Waals surface area contributed by atoms with E-state index in [2.05, 4.69) is 10.3 Å². The Balaban J connectivity index is 1.48. The molecule has 1 unspecified atom stereocenters. The Hall–Kier alpha value is -3.19. The minimum Gasteiger partial charge on any atom is -0.494 e. The van der Waals surface area contributed by atoms with Gasteiger partial charge in [-0.05, 0) is 36.6 Å². The Morgan fingerprint density at radius 3 is 2.58 bits per heavy atom. The molecule has 1 aromatic heterocycles. The van der Waals surface area contributed by atoms with Gasteiger partial charge in [-0.3, -0.25) is 14.5 Å². The fraction of sp³-hybridized carbons (Fsp3) is 0.292. The molecule has 6 nitrogen and oxygen atoms in total. The first-order chi connectivity index (χ1) is 15.1. The summed E-state index contributed by atoms with van der Waals surface area (Å²) >= 11 is 1.41. The van der Waals surface area contributed by atoms with Crippen molar-refractivity contribution < 1.29 is 14.3 Å². The van der Waals surface area contributed by atoms with Gasteiger partial charge in [-0.15, -0.1) is 11.3 Å². The first-order valence-electron chi connectivity index (χ1n) is 10.5. The van der Waals surface area contributed by atoms with Crippen LogP contribution in [0.1, 0.15) is 42.6 Å². The van der Waals surface area contributed by atoms with Gasteiger partial charge in [0.1, 0.15) is 5.75 Å². The zero-order valence-electron chi connectivity index (χ0n) is 17.4. The number of thiazole rings is 1. The van der Waals surface area contributed by atoms with Crippen molar-refractivity contribution in [3.05, 3.63) is 76.8 Å². The number of benzene rings is 2. The summed E-state index contributed by atoms with van der Waals surface area (Å²) in [7, 11) is 0. The minimum atomic E-state index is -0.275. The van der Waals surface area contributed by atoms with Crippen LogP contribution >= 0.6 is 11.3 Å². The first kappa shape index (κ1) is 21.1. The fourth-order valence-corrected chi connectivity index (χ4v) is 4.52. The standard InChI is InChI=1S/C24H25N3O3S/c1-2-30-20-12-10-18(11-13-20)23(17-7-4-3-5-8-17)26-21(28)15-19-16-31-24(25-19)27-14-6-9-22(27)29/h3-5,7-8,10-13,16,23H,2,6,9,14-15H2,1H3,(H,26,28). The van der Waals surface area contributed by atoms with E-state index in [0.29, 0.717) is 30.4 Å². The maximum Gasteiger partial charge on any atom is 0.228 e.